The van der Waals surface area contributed by atoms with Crippen molar-refractivity contribution in [2.75, 3.05) is 34.3 Å². The average molecular weight is 265 g/mol. The molecule has 0 bridgehead atoms. The number of hydrogen-bond donors (Lipinski definition) is 1. The zero-order valence-electron chi connectivity index (χ0n) is 11.4. The molecule has 1 aromatic rings. The van der Waals surface area contributed by atoms with E-state index >= 15 is 0 Å². The van der Waals surface area contributed by atoms with E-state index in [2.05, 4.69) is 4.98 Å². The average Bonchev–Trinajstić information content (AvgIpc) is 2.80. The molecular weight excluding hydrogens is 246 g/mol. The molecule has 1 saturated heterocycles. The number of ether oxygens (including phenoxy) is 1. The lowest BCUT2D eigenvalue weighted by molar-refractivity contribution is 0.0758. The predicted molar refractivity (Wildman–Crippen MR) is 70.2 cm³/mol. The van der Waals surface area contributed by atoms with Gasteiger partial charge in [-0.2, -0.15) is 0 Å². The minimum absolute atomic E-state index is 0.0328. The Balaban J connectivity index is 2.12. The number of aromatic nitrogens is 1. The molecule has 1 aliphatic heterocycles. The van der Waals surface area contributed by atoms with Gasteiger partial charge in [-0.05, 0) is 20.2 Å². The number of carbonyl (C=O) groups is 1. The number of hydrogen-bond acceptors (Lipinski definition) is 5. The second kappa shape index (κ2) is 5.54. The summed E-state index contributed by atoms with van der Waals surface area (Å²) in [5, 5.41) is 9.95. The fourth-order valence-electron chi connectivity index (χ4n) is 2.26. The number of methoxy groups -OCH3 is 1. The summed E-state index contributed by atoms with van der Waals surface area (Å²) in [7, 11) is 5.34. The molecule has 1 fully saturated rings. The van der Waals surface area contributed by atoms with Crippen molar-refractivity contribution in [3.05, 3.63) is 24.0 Å². The summed E-state index contributed by atoms with van der Waals surface area (Å²) < 4.78 is 5.08. The Bertz CT molecular complexity index is 464. The van der Waals surface area contributed by atoms with Gasteiger partial charge in [0, 0.05) is 25.4 Å². The quantitative estimate of drug-likeness (QED) is 0.822. The van der Waals surface area contributed by atoms with Gasteiger partial charge in [-0.25, -0.2) is 0 Å². The molecule has 0 unspecified atom stereocenters. The molecule has 6 heteroatoms. The second-order valence-electron chi connectivity index (χ2n) is 4.89. The van der Waals surface area contributed by atoms with Crippen molar-refractivity contribution >= 4 is 5.91 Å². The highest BCUT2D eigenvalue weighted by Crippen LogP contribution is 2.18. The van der Waals surface area contributed by atoms with E-state index in [1.54, 1.807) is 30.3 Å². The van der Waals surface area contributed by atoms with Crippen molar-refractivity contribution in [1.82, 2.24) is 14.8 Å². The number of likely N-dealkylation sites (tertiary alicyclic amines) is 1. The molecule has 6 nitrogen and oxygen atoms in total. The Morgan fingerprint density at radius 2 is 2.26 bits per heavy atom. The molecule has 19 heavy (non-hydrogen) atoms. The van der Waals surface area contributed by atoms with E-state index in [1.165, 1.54) is 0 Å². The maximum absolute atomic E-state index is 12.3. The van der Waals surface area contributed by atoms with Gasteiger partial charge < -0.3 is 19.6 Å². The van der Waals surface area contributed by atoms with Crippen LogP contribution in [-0.4, -0.2) is 72.2 Å². The second-order valence-corrected chi connectivity index (χ2v) is 4.89. The van der Waals surface area contributed by atoms with Gasteiger partial charge in [-0.1, -0.05) is 0 Å². The first-order valence-corrected chi connectivity index (χ1v) is 6.16. The van der Waals surface area contributed by atoms with Crippen molar-refractivity contribution < 1.29 is 14.6 Å². The van der Waals surface area contributed by atoms with Crippen molar-refractivity contribution in [2.24, 2.45) is 0 Å². The number of aliphatic hydroxyl groups is 1. The third kappa shape index (κ3) is 2.85. The largest absolute Gasteiger partial charge is 0.497 e. The summed E-state index contributed by atoms with van der Waals surface area (Å²) in [6, 6.07) is 3.27. The zero-order valence-corrected chi connectivity index (χ0v) is 11.4. The maximum atomic E-state index is 12.3. The first kappa shape index (κ1) is 13.8. The van der Waals surface area contributed by atoms with Crippen LogP contribution in [0.3, 0.4) is 0 Å². The highest BCUT2D eigenvalue weighted by Gasteiger charge is 2.35. The lowest BCUT2D eigenvalue weighted by Crippen LogP contribution is -2.38. The Morgan fingerprint density at radius 1 is 1.53 bits per heavy atom. The standard InChI is InChI=1S/C13H19N3O3/c1-15(2)11-7-16(8-12(11)17)13(18)10-6-9(19-3)4-5-14-10/h4-6,11-12,17H,7-8H2,1-3H3/t11-,12-/m0/s1. The molecule has 0 aliphatic carbocycles. The van der Waals surface area contributed by atoms with Gasteiger partial charge in [0.15, 0.2) is 0 Å². The van der Waals surface area contributed by atoms with Crippen LogP contribution >= 0.6 is 0 Å². The SMILES string of the molecule is COc1ccnc(C(=O)N2C[C@H](O)[C@@H](N(C)C)C2)c1. The van der Waals surface area contributed by atoms with Crippen LogP contribution in [-0.2, 0) is 0 Å². The van der Waals surface area contributed by atoms with E-state index in [1.807, 2.05) is 19.0 Å². The van der Waals surface area contributed by atoms with E-state index in [0.717, 1.165) is 0 Å². The molecule has 0 radical (unpaired) electrons. The molecule has 2 heterocycles. The van der Waals surface area contributed by atoms with Crippen LogP contribution in [0, 0.1) is 0 Å². The summed E-state index contributed by atoms with van der Waals surface area (Å²) in [4.78, 5) is 19.9. The topological polar surface area (TPSA) is 65.9 Å². The summed E-state index contributed by atoms with van der Waals surface area (Å²) in [5.74, 6) is 0.421. The summed E-state index contributed by atoms with van der Waals surface area (Å²) in [6.07, 6.45) is 1.02. The minimum Gasteiger partial charge on any atom is -0.497 e. The van der Waals surface area contributed by atoms with E-state index in [0.29, 0.717) is 24.5 Å². The Morgan fingerprint density at radius 3 is 2.84 bits per heavy atom. The van der Waals surface area contributed by atoms with Crippen molar-refractivity contribution in [1.29, 1.82) is 0 Å². The van der Waals surface area contributed by atoms with Crippen molar-refractivity contribution in [3.63, 3.8) is 0 Å². The van der Waals surface area contributed by atoms with Crippen LogP contribution in [0.4, 0.5) is 0 Å². The number of carbonyl (C=O) groups excluding carboxylic acids is 1. The zero-order chi connectivity index (χ0) is 14.0. The maximum Gasteiger partial charge on any atom is 0.272 e. The van der Waals surface area contributed by atoms with Gasteiger partial charge in [-0.3, -0.25) is 9.78 Å². The Labute approximate surface area is 112 Å². The summed E-state index contributed by atoms with van der Waals surface area (Å²) in [5.41, 5.74) is 0.339. The minimum atomic E-state index is -0.524. The van der Waals surface area contributed by atoms with Crippen LogP contribution in [0.1, 0.15) is 10.5 Å². The third-order valence-corrected chi connectivity index (χ3v) is 3.40. The van der Waals surface area contributed by atoms with E-state index in [4.69, 9.17) is 4.74 Å². The van der Waals surface area contributed by atoms with Crippen molar-refractivity contribution in [2.45, 2.75) is 12.1 Å². The molecule has 1 amide bonds. The molecular formula is C13H19N3O3. The summed E-state index contributed by atoms with van der Waals surface area (Å²) >= 11 is 0. The first-order valence-electron chi connectivity index (χ1n) is 6.16. The number of nitrogens with zero attached hydrogens (tertiary/aromatic N) is 3. The highest BCUT2D eigenvalue weighted by atomic mass is 16.5. The van der Waals surface area contributed by atoms with E-state index < -0.39 is 6.10 Å². The van der Waals surface area contributed by atoms with Gasteiger partial charge >= 0.3 is 0 Å². The van der Waals surface area contributed by atoms with Crippen LogP contribution in [0.25, 0.3) is 0 Å². The molecule has 0 saturated carbocycles. The number of pyridine rings is 1. The fourth-order valence-corrected chi connectivity index (χ4v) is 2.26. The predicted octanol–water partition coefficient (Wildman–Crippen LogP) is -0.163. The molecule has 2 atom stereocenters. The number of β-amino-alcohol motifs (C(OH)–C–C–N with tert-alkyl or cyclic N) is 1. The smallest absolute Gasteiger partial charge is 0.272 e. The molecule has 1 aliphatic rings. The fraction of sp³-hybridized carbons (Fsp3) is 0.538. The number of amides is 1. The number of aliphatic hydroxyl groups excluding tert-OH is 1. The van der Waals surface area contributed by atoms with Gasteiger partial charge in [0.25, 0.3) is 5.91 Å². The van der Waals surface area contributed by atoms with E-state index in [9.17, 15) is 9.90 Å². The van der Waals surface area contributed by atoms with Gasteiger partial charge in [0.1, 0.15) is 11.4 Å². The van der Waals surface area contributed by atoms with Crippen LogP contribution in [0.5, 0.6) is 5.75 Å². The number of likely N-dealkylation sites (N-methyl/N-ethyl adjacent to an activating group) is 1. The third-order valence-electron chi connectivity index (χ3n) is 3.40. The molecule has 1 aromatic heterocycles. The lowest BCUT2D eigenvalue weighted by Gasteiger charge is -2.21. The lowest BCUT2D eigenvalue weighted by atomic mass is 10.2. The molecule has 104 valence electrons. The highest BCUT2D eigenvalue weighted by molar-refractivity contribution is 5.92. The van der Waals surface area contributed by atoms with E-state index in [-0.39, 0.29) is 11.9 Å². The molecule has 0 aromatic carbocycles. The molecule has 1 N–H and O–H groups in total. The molecule has 2 rings (SSSR count). The van der Waals surface area contributed by atoms with Gasteiger partial charge in [0.2, 0.25) is 0 Å². The monoisotopic (exact) mass is 265 g/mol. The van der Waals surface area contributed by atoms with Crippen molar-refractivity contribution in [3.8, 4) is 5.75 Å². The summed E-state index contributed by atoms with van der Waals surface area (Å²) in [6.45, 7) is 0.840. The normalized spacial score (nSPS) is 22.9. The van der Waals surface area contributed by atoms with Crippen LogP contribution in [0.15, 0.2) is 18.3 Å². The first-order chi connectivity index (χ1) is 9.02. The number of rotatable bonds is 3. The Hall–Kier alpha value is -1.66. The Kier molecular flexibility index (Phi) is 4.01. The van der Waals surface area contributed by atoms with Crippen LogP contribution in [0.2, 0.25) is 0 Å². The van der Waals surface area contributed by atoms with Gasteiger partial charge in [-0.15, -0.1) is 0 Å². The molecule has 0 spiro atoms. The van der Waals surface area contributed by atoms with Crippen LogP contribution < -0.4 is 4.74 Å². The van der Waals surface area contributed by atoms with Gasteiger partial charge in [0.05, 0.1) is 19.3 Å².